The van der Waals surface area contributed by atoms with Gasteiger partial charge in [-0.15, -0.1) is 0 Å². The molecule has 26 heavy (non-hydrogen) atoms. The molecule has 0 radical (unpaired) electrons. The Morgan fingerprint density at radius 2 is 2.23 bits per heavy atom. The second-order valence-corrected chi connectivity index (χ2v) is 7.33. The first-order chi connectivity index (χ1) is 12.3. The van der Waals surface area contributed by atoms with Crippen LogP contribution < -0.4 is 0 Å². The number of aliphatic hydroxyl groups is 1. The van der Waals surface area contributed by atoms with Crippen LogP contribution in [0.3, 0.4) is 0 Å². The molecule has 1 aromatic carbocycles. The summed E-state index contributed by atoms with van der Waals surface area (Å²) in [7, 11) is 1.25. The summed E-state index contributed by atoms with van der Waals surface area (Å²) < 4.78 is 33.7. The van der Waals surface area contributed by atoms with Crippen molar-refractivity contribution in [3.63, 3.8) is 0 Å². The van der Waals surface area contributed by atoms with Crippen molar-refractivity contribution in [1.29, 1.82) is 0 Å². The average Bonchev–Trinajstić information content (AvgIpc) is 3.36. The van der Waals surface area contributed by atoms with Crippen molar-refractivity contribution in [1.82, 2.24) is 14.8 Å². The van der Waals surface area contributed by atoms with Crippen molar-refractivity contribution in [2.75, 3.05) is 7.11 Å². The molecule has 1 saturated carbocycles. The number of thioether (sulfide) groups is 1. The number of carbonyl (C=O) groups excluding carboxylic acids is 1. The first-order valence-corrected chi connectivity index (χ1v) is 8.98. The van der Waals surface area contributed by atoms with Crippen LogP contribution in [0.2, 0.25) is 0 Å². The molecule has 2 atom stereocenters. The van der Waals surface area contributed by atoms with Crippen LogP contribution in [0.15, 0.2) is 29.7 Å². The number of hydrogen-bond acceptors (Lipinski definition) is 6. The fraction of sp³-hybridized carbons (Fsp3) is 0.471. The normalized spacial score (nSPS) is 17.6. The molecule has 0 aliphatic heterocycles. The lowest BCUT2D eigenvalue weighted by Gasteiger charge is -2.35. The highest BCUT2D eigenvalue weighted by molar-refractivity contribution is 8.13. The quantitative estimate of drug-likeness (QED) is 0.609. The van der Waals surface area contributed by atoms with E-state index >= 15 is 0 Å². The van der Waals surface area contributed by atoms with E-state index in [1.807, 2.05) is 6.92 Å². The highest BCUT2D eigenvalue weighted by atomic mass is 32.2. The molecule has 1 aromatic heterocycles. The molecular formula is C17H19F2N3O3S. The molecule has 140 valence electrons. The van der Waals surface area contributed by atoms with E-state index in [1.165, 1.54) is 24.2 Å². The molecule has 1 heterocycles. The van der Waals surface area contributed by atoms with E-state index in [0.717, 1.165) is 36.7 Å². The molecule has 1 fully saturated rings. The highest BCUT2D eigenvalue weighted by Gasteiger charge is 2.46. The van der Waals surface area contributed by atoms with Gasteiger partial charge in [-0.05, 0) is 30.7 Å². The van der Waals surface area contributed by atoms with Gasteiger partial charge in [0.05, 0.1) is 13.7 Å². The summed E-state index contributed by atoms with van der Waals surface area (Å²) in [5.41, 5.74) is -1.62. The van der Waals surface area contributed by atoms with Crippen LogP contribution in [0.5, 0.6) is 0 Å². The third-order valence-electron chi connectivity index (χ3n) is 4.79. The molecule has 2 unspecified atom stereocenters. The van der Waals surface area contributed by atoms with Crippen molar-refractivity contribution in [3.8, 4) is 0 Å². The number of ether oxygens (including phenoxy) is 1. The van der Waals surface area contributed by atoms with Crippen LogP contribution in [0, 0.1) is 23.5 Å². The number of hydrogen-bond donors (Lipinski definition) is 1. The molecular weight excluding hydrogens is 364 g/mol. The Labute approximate surface area is 153 Å². The number of benzene rings is 1. The first-order valence-electron chi connectivity index (χ1n) is 8.16. The second-order valence-electron chi connectivity index (χ2n) is 6.43. The third-order valence-corrected chi connectivity index (χ3v) is 5.62. The zero-order valence-electron chi connectivity index (χ0n) is 14.4. The van der Waals surface area contributed by atoms with E-state index in [9.17, 15) is 18.7 Å². The van der Waals surface area contributed by atoms with Crippen molar-refractivity contribution in [2.45, 2.75) is 37.1 Å². The summed E-state index contributed by atoms with van der Waals surface area (Å²) in [6.45, 7) is 1.72. The minimum absolute atomic E-state index is 0.00261. The van der Waals surface area contributed by atoms with Gasteiger partial charge in [-0.25, -0.2) is 23.2 Å². The number of aromatic nitrogens is 3. The van der Waals surface area contributed by atoms with E-state index in [1.54, 1.807) is 0 Å². The minimum atomic E-state index is -1.63. The van der Waals surface area contributed by atoms with Crippen molar-refractivity contribution in [3.05, 3.63) is 41.7 Å². The average molecular weight is 383 g/mol. The Hall–Kier alpha value is -2.00. The molecule has 2 aromatic rings. The molecule has 0 saturated heterocycles. The van der Waals surface area contributed by atoms with Crippen LogP contribution >= 0.6 is 11.8 Å². The Kier molecular flexibility index (Phi) is 5.29. The number of nitrogens with zero attached hydrogens (tertiary/aromatic N) is 3. The Morgan fingerprint density at radius 1 is 1.50 bits per heavy atom. The van der Waals surface area contributed by atoms with E-state index in [0.29, 0.717) is 0 Å². The smallest absolute Gasteiger partial charge is 0.374 e. The number of carbonyl (C=O) groups is 1. The Bertz CT molecular complexity index is 812. The fourth-order valence-corrected chi connectivity index (χ4v) is 3.64. The van der Waals surface area contributed by atoms with Gasteiger partial charge in [0.1, 0.15) is 23.6 Å². The van der Waals surface area contributed by atoms with Crippen molar-refractivity contribution < 1.29 is 23.4 Å². The maximum Gasteiger partial charge on any atom is 0.374 e. The summed E-state index contributed by atoms with van der Waals surface area (Å²) in [5, 5.41) is 15.1. The summed E-state index contributed by atoms with van der Waals surface area (Å²) in [6.07, 6.45) is 3.12. The molecule has 6 nitrogen and oxygen atoms in total. The summed E-state index contributed by atoms with van der Waals surface area (Å²) >= 11 is 0.719. The minimum Gasteiger partial charge on any atom is -0.461 e. The molecule has 1 aliphatic rings. The van der Waals surface area contributed by atoms with Gasteiger partial charge in [0, 0.05) is 23.4 Å². The first kappa shape index (κ1) is 18.8. The molecule has 9 heteroatoms. The SMILES string of the molecule is COC(=O)Sc1ncnn1CC(O)(c1ccc(F)cc1F)C(C)C1CC1. The Morgan fingerprint density at radius 3 is 2.85 bits per heavy atom. The topological polar surface area (TPSA) is 77.2 Å². The van der Waals surface area contributed by atoms with Crippen LogP contribution in [-0.4, -0.2) is 32.3 Å². The second kappa shape index (κ2) is 7.32. The van der Waals surface area contributed by atoms with Crippen LogP contribution in [-0.2, 0) is 16.9 Å². The number of rotatable bonds is 6. The van der Waals surface area contributed by atoms with E-state index in [-0.39, 0.29) is 29.1 Å². The largest absolute Gasteiger partial charge is 0.461 e. The summed E-state index contributed by atoms with van der Waals surface area (Å²) in [4.78, 5) is 15.5. The van der Waals surface area contributed by atoms with Gasteiger partial charge in [0.2, 0.25) is 0 Å². The van der Waals surface area contributed by atoms with Gasteiger partial charge < -0.3 is 9.84 Å². The third kappa shape index (κ3) is 3.73. The zero-order valence-corrected chi connectivity index (χ0v) is 15.2. The van der Waals surface area contributed by atoms with Gasteiger partial charge in [0.25, 0.3) is 0 Å². The number of halogens is 2. The molecule has 3 rings (SSSR count). The maximum atomic E-state index is 14.5. The maximum absolute atomic E-state index is 14.5. The van der Waals surface area contributed by atoms with Gasteiger partial charge in [-0.1, -0.05) is 13.0 Å². The van der Waals surface area contributed by atoms with Gasteiger partial charge in [0.15, 0.2) is 5.16 Å². The highest BCUT2D eigenvalue weighted by Crippen LogP contribution is 2.47. The lowest BCUT2D eigenvalue weighted by molar-refractivity contribution is -0.0490. The summed E-state index contributed by atoms with van der Waals surface area (Å²) in [6, 6.07) is 3.13. The monoisotopic (exact) mass is 383 g/mol. The number of methoxy groups -OCH3 is 1. The molecule has 1 aliphatic carbocycles. The molecule has 0 bridgehead atoms. The van der Waals surface area contributed by atoms with E-state index in [4.69, 9.17) is 0 Å². The molecule has 1 N–H and O–H groups in total. The van der Waals surface area contributed by atoms with Gasteiger partial charge in [-0.3, -0.25) is 0 Å². The molecule has 0 spiro atoms. The van der Waals surface area contributed by atoms with Crippen LogP contribution in [0.1, 0.15) is 25.3 Å². The van der Waals surface area contributed by atoms with Crippen molar-refractivity contribution in [2.24, 2.45) is 11.8 Å². The predicted octanol–water partition coefficient (Wildman–Crippen LogP) is 3.35. The Balaban J connectivity index is 1.97. The predicted molar refractivity (Wildman–Crippen MR) is 90.4 cm³/mol. The zero-order chi connectivity index (χ0) is 18.9. The standard InChI is InChI=1S/C17H19F2N3O3S/c1-10(11-3-4-11)17(24,13-6-5-12(18)7-14(13)19)8-22-15(20-9-21-22)26-16(23)25-2/h5-7,9-11,24H,3-4,8H2,1-2H3. The fourth-order valence-electron chi connectivity index (χ4n) is 3.09. The van der Waals surface area contributed by atoms with Crippen LogP contribution in [0.25, 0.3) is 0 Å². The van der Waals surface area contributed by atoms with Crippen LogP contribution in [0.4, 0.5) is 13.6 Å². The lowest BCUT2D eigenvalue weighted by Crippen LogP contribution is -2.40. The lowest BCUT2D eigenvalue weighted by atomic mass is 9.79. The molecule has 0 amide bonds. The van der Waals surface area contributed by atoms with Crippen molar-refractivity contribution >= 4 is 17.1 Å². The summed E-state index contributed by atoms with van der Waals surface area (Å²) in [5.74, 6) is -1.58. The van der Waals surface area contributed by atoms with E-state index < -0.39 is 22.5 Å². The van der Waals surface area contributed by atoms with Gasteiger partial charge >= 0.3 is 5.30 Å². The van der Waals surface area contributed by atoms with Gasteiger partial charge in [-0.2, -0.15) is 5.10 Å². The van der Waals surface area contributed by atoms with E-state index in [2.05, 4.69) is 14.8 Å².